The second-order valence-electron chi connectivity index (χ2n) is 4.82. The maximum absolute atomic E-state index is 11.5. The number of pyridine rings is 1. The van der Waals surface area contributed by atoms with Gasteiger partial charge in [-0.3, -0.25) is 4.79 Å². The highest BCUT2D eigenvalue weighted by Gasteiger charge is 2.25. The van der Waals surface area contributed by atoms with Crippen LogP contribution in [0.3, 0.4) is 0 Å². The van der Waals surface area contributed by atoms with E-state index in [1.807, 2.05) is 18.4 Å². The van der Waals surface area contributed by atoms with E-state index in [1.165, 1.54) is 0 Å². The molecule has 1 fully saturated rings. The molecule has 0 bridgehead atoms. The number of carboxylic acids is 1. The van der Waals surface area contributed by atoms with Crippen LogP contribution in [0.1, 0.15) is 30.7 Å². The van der Waals surface area contributed by atoms with Crippen molar-refractivity contribution < 1.29 is 14.6 Å². The lowest BCUT2D eigenvalue weighted by Crippen LogP contribution is -2.21. The molecule has 2 heterocycles. The van der Waals surface area contributed by atoms with Crippen LogP contribution in [0.4, 0.5) is 0 Å². The van der Waals surface area contributed by atoms with Crippen molar-refractivity contribution in [3.05, 3.63) is 23.9 Å². The highest BCUT2D eigenvalue weighted by Crippen LogP contribution is 2.29. The molecule has 19 heavy (non-hydrogen) atoms. The van der Waals surface area contributed by atoms with Gasteiger partial charge in [0.05, 0.1) is 10.9 Å². The Kier molecular flexibility index (Phi) is 5.22. The van der Waals surface area contributed by atoms with Crippen molar-refractivity contribution in [2.75, 3.05) is 19.5 Å². The Morgan fingerprint density at radius 2 is 2.26 bits per heavy atom. The maximum Gasteiger partial charge on any atom is 0.311 e. The van der Waals surface area contributed by atoms with Gasteiger partial charge >= 0.3 is 5.97 Å². The van der Waals surface area contributed by atoms with Gasteiger partial charge in [-0.25, -0.2) is 4.98 Å². The van der Waals surface area contributed by atoms with Crippen LogP contribution in [-0.4, -0.2) is 35.5 Å². The van der Waals surface area contributed by atoms with E-state index in [0.717, 1.165) is 36.6 Å². The number of carbonyl (C=O) groups is 1. The molecule has 5 heteroatoms. The van der Waals surface area contributed by atoms with E-state index in [1.54, 1.807) is 18.0 Å². The number of ether oxygens (including phenoxy) is 1. The van der Waals surface area contributed by atoms with E-state index in [9.17, 15) is 9.90 Å². The van der Waals surface area contributed by atoms with E-state index in [-0.39, 0.29) is 0 Å². The molecule has 2 rings (SSSR count). The fourth-order valence-electron chi connectivity index (χ4n) is 2.41. The van der Waals surface area contributed by atoms with Gasteiger partial charge in [0.1, 0.15) is 0 Å². The fraction of sp³-hybridized carbons (Fsp3) is 0.571. The van der Waals surface area contributed by atoms with Gasteiger partial charge in [-0.1, -0.05) is 6.07 Å². The molecule has 1 aliphatic rings. The van der Waals surface area contributed by atoms with Crippen molar-refractivity contribution >= 4 is 17.7 Å². The zero-order valence-corrected chi connectivity index (χ0v) is 11.9. The molecule has 1 aliphatic heterocycles. The number of aliphatic carboxylic acids is 1. The zero-order valence-electron chi connectivity index (χ0n) is 11.0. The Morgan fingerprint density at radius 1 is 1.53 bits per heavy atom. The molecule has 1 aromatic heterocycles. The molecule has 0 amide bonds. The summed E-state index contributed by atoms with van der Waals surface area (Å²) >= 11 is 1.56. The second-order valence-corrected chi connectivity index (χ2v) is 5.64. The average molecular weight is 281 g/mol. The fourth-order valence-corrected chi connectivity index (χ4v) is 2.78. The summed E-state index contributed by atoms with van der Waals surface area (Å²) < 4.78 is 5.32. The van der Waals surface area contributed by atoms with Crippen LogP contribution < -0.4 is 0 Å². The Morgan fingerprint density at radius 3 is 2.79 bits per heavy atom. The van der Waals surface area contributed by atoms with Gasteiger partial charge in [-0.15, -0.1) is 11.8 Å². The summed E-state index contributed by atoms with van der Waals surface area (Å²) in [7, 11) is 0. The summed E-state index contributed by atoms with van der Waals surface area (Å²) in [6, 6.07) is 3.77. The first-order valence-corrected chi connectivity index (χ1v) is 7.73. The average Bonchev–Trinajstić information content (AvgIpc) is 2.46. The smallest absolute Gasteiger partial charge is 0.311 e. The Hall–Kier alpha value is -1.07. The number of carboxylic acid groups (broad SMARTS) is 1. The Bertz CT molecular complexity index is 415. The summed E-state index contributed by atoms with van der Waals surface area (Å²) in [5, 5.41) is 10.3. The first-order chi connectivity index (χ1) is 9.20. The van der Waals surface area contributed by atoms with Gasteiger partial charge in [-0.2, -0.15) is 0 Å². The Labute approximate surface area is 117 Å². The zero-order chi connectivity index (χ0) is 13.7. The number of thioether (sulfide) groups is 1. The standard InChI is InChI=1S/C14H19NO3S/c1-19-13-3-2-11(9-15-13)12(14(16)17)8-10-4-6-18-7-5-10/h2-3,9-10,12H,4-8H2,1H3,(H,16,17). The number of hydrogen-bond donors (Lipinski definition) is 1. The lowest BCUT2D eigenvalue weighted by molar-refractivity contribution is -0.139. The topological polar surface area (TPSA) is 59.4 Å². The van der Waals surface area contributed by atoms with Gasteiger partial charge in [-0.05, 0) is 43.1 Å². The van der Waals surface area contributed by atoms with E-state index < -0.39 is 11.9 Å². The summed E-state index contributed by atoms with van der Waals surface area (Å²) in [5.74, 6) is -0.772. The molecule has 0 aromatic carbocycles. The molecule has 104 valence electrons. The van der Waals surface area contributed by atoms with Crippen LogP contribution in [0.25, 0.3) is 0 Å². The molecule has 0 radical (unpaired) electrons. The molecule has 1 saturated heterocycles. The quantitative estimate of drug-likeness (QED) is 0.841. The van der Waals surface area contributed by atoms with E-state index in [2.05, 4.69) is 4.98 Å². The number of rotatable bonds is 5. The minimum atomic E-state index is -0.759. The van der Waals surface area contributed by atoms with E-state index in [0.29, 0.717) is 12.3 Å². The normalized spacial score (nSPS) is 18.2. The van der Waals surface area contributed by atoms with E-state index in [4.69, 9.17) is 4.74 Å². The molecule has 0 aliphatic carbocycles. The third-order valence-electron chi connectivity index (χ3n) is 3.58. The van der Waals surface area contributed by atoms with Crippen molar-refractivity contribution in [2.45, 2.75) is 30.2 Å². The predicted molar refractivity (Wildman–Crippen MR) is 74.6 cm³/mol. The minimum Gasteiger partial charge on any atom is -0.481 e. The largest absolute Gasteiger partial charge is 0.481 e. The van der Waals surface area contributed by atoms with Gasteiger partial charge < -0.3 is 9.84 Å². The van der Waals surface area contributed by atoms with Gasteiger partial charge in [0.2, 0.25) is 0 Å². The lowest BCUT2D eigenvalue weighted by Gasteiger charge is -2.24. The Balaban J connectivity index is 2.07. The first kappa shape index (κ1) is 14.3. The number of nitrogens with zero attached hydrogens (tertiary/aromatic N) is 1. The van der Waals surface area contributed by atoms with Crippen LogP contribution in [0.2, 0.25) is 0 Å². The number of hydrogen-bond acceptors (Lipinski definition) is 4. The van der Waals surface area contributed by atoms with Crippen molar-refractivity contribution in [3.8, 4) is 0 Å². The third-order valence-corrected chi connectivity index (χ3v) is 4.24. The third kappa shape index (κ3) is 3.94. The van der Waals surface area contributed by atoms with Crippen LogP contribution in [0, 0.1) is 5.92 Å². The molecular weight excluding hydrogens is 262 g/mol. The molecule has 1 unspecified atom stereocenters. The number of aromatic nitrogens is 1. The summed E-state index contributed by atoms with van der Waals surface area (Å²) in [6.07, 6.45) is 6.25. The molecule has 0 saturated carbocycles. The monoisotopic (exact) mass is 281 g/mol. The van der Waals surface area contributed by atoms with Crippen molar-refractivity contribution in [1.82, 2.24) is 4.98 Å². The molecule has 0 spiro atoms. The summed E-state index contributed by atoms with van der Waals surface area (Å²) in [5.41, 5.74) is 0.803. The van der Waals surface area contributed by atoms with E-state index >= 15 is 0 Å². The van der Waals surface area contributed by atoms with Gasteiger partial charge in [0.15, 0.2) is 0 Å². The highest BCUT2D eigenvalue weighted by molar-refractivity contribution is 7.98. The van der Waals surface area contributed by atoms with Crippen LogP contribution in [0.5, 0.6) is 0 Å². The second kappa shape index (κ2) is 6.91. The molecule has 4 nitrogen and oxygen atoms in total. The molecule has 1 aromatic rings. The van der Waals surface area contributed by atoms with Gasteiger partial charge in [0, 0.05) is 19.4 Å². The predicted octanol–water partition coefficient (Wildman–Crippen LogP) is 2.79. The molecule has 1 N–H and O–H groups in total. The first-order valence-electron chi connectivity index (χ1n) is 6.51. The van der Waals surface area contributed by atoms with Crippen molar-refractivity contribution in [1.29, 1.82) is 0 Å². The highest BCUT2D eigenvalue weighted by atomic mass is 32.2. The minimum absolute atomic E-state index is 0.440. The summed E-state index contributed by atoms with van der Waals surface area (Å²) in [4.78, 5) is 15.7. The van der Waals surface area contributed by atoms with Crippen molar-refractivity contribution in [3.63, 3.8) is 0 Å². The van der Waals surface area contributed by atoms with Crippen LogP contribution in [0.15, 0.2) is 23.4 Å². The lowest BCUT2D eigenvalue weighted by atomic mass is 9.85. The molecule has 1 atom stereocenters. The molecular formula is C14H19NO3S. The van der Waals surface area contributed by atoms with Crippen LogP contribution in [-0.2, 0) is 9.53 Å². The SMILES string of the molecule is CSc1ccc(C(CC2CCOCC2)C(=O)O)cn1. The maximum atomic E-state index is 11.5. The van der Waals surface area contributed by atoms with Gasteiger partial charge in [0.25, 0.3) is 0 Å². The van der Waals surface area contributed by atoms with Crippen LogP contribution >= 0.6 is 11.8 Å². The summed E-state index contributed by atoms with van der Waals surface area (Å²) in [6.45, 7) is 1.50. The van der Waals surface area contributed by atoms with Crippen molar-refractivity contribution in [2.24, 2.45) is 5.92 Å².